The lowest BCUT2D eigenvalue weighted by Gasteiger charge is -2.04. The Morgan fingerprint density at radius 1 is 1.71 bits per heavy atom. The number of carbonyl (C=O) groups is 1. The number of amides is 1. The highest BCUT2D eigenvalue weighted by Crippen LogP contribution is 2.11. The Labute approximate surface area is 91.4 Å². The van der Waals surface area contributed by atoms with E-state index in [0.717, 1.165) is 6.42 Å². The summed E-state index contributed by atoms with van der Waals surface area (Å²) in [5, 5.41) is 2.76. The summed E-state index contributed by atoms with van der Waals surface area (Å²) in [4.78, 5) is 15.5. The summed E-state index contributed by atoms with van der Waals surface area (Å²) in [6.07, 6.45) is 4.16. The van der Waals surface area contributed by atoms with Crippen molar-refractivity contribution in [3.8, 4) is 0 Å². The van der Waals surface area contributed by atoms with Crippen LogP contribution >= 0.6 is 15.9 Å². The summed E-state index contributed by atoms with van der Waals surface area (Å²) in [5.41, 5.74) is 0.552. The van der Waals surface area contributed by atoms with E-state index in [1.165, 1.54) is 0 Å². The van der Waals surface area contributed by atoms with E-state index in [9.17, 15) is 4.79 Å². The standard InChI is InChI=1S/C10H11BrN2O/c1-2-3-6-13-10(14)8-5-4-7-12-9(8)11/h2,4-5,7H,1,3,6H2,(H,13,14). The third kappa shape index (κ3) is 2.96. The van der Waals surface area contributed by atoms with Crippen LogP contribution in [0.25, 0.3) is 0 Å². The molecule has 1 aromatic rings. The second-order valence-electron chi connectivity index (χ2n) is 2.68. The van der Waals surface area contributed by atoms with Gasteiger partial charge in [0.15, 0.2) is 0 Å². The lowest BCUT2D eigenvalue weighted by molar-refractivity contribution is 0.0953. The fraction of sp³-hybridized carbons (Fsp3) is 0.200. The van der Waals surface area contributed by atoms with Crippen LogP contribution in [0, 0.1) is 0 Å². The average molecular weight is 255 g/mol. The van der Waals surface area contributed by atoms with E-state index in [0.29, 0.717) is 16.7 Å². The van der Waals surface area contributed by atoms with Crippen molar-refractivity contribution in [2.75, 3.05) is 6.54 Å². The number of nitrogens with one attached hydrogen (secondary N) is 1. The minimum atomic E-state index is -0.119. The SMILES string of the molecule is C=CCCNC(=O)c1cccnc1Br. The Hall–Kier alpha value is -1.16. The molecule has 0 unspecified atom stereocenters. The highest BCUT2D eigenvalue weighted by molar-refractivity contribution is 9.10. The molecule has 0 radical (unpaired) electrons. The number of nitrogens with zero attached hydrogens (tertiary/aromatic N) is 1. The van der Waals surface area contributed by atoms with Crippen molar-refractivity contribution in [1.29, 1.82) is 0 Å². The molecule has 3 nitrogen and oxygen atoms in total. The second-order valence-corrected chi connectivity index (χ2v) is 3.43. The predicted molar refractivity (Wildman–Crippen MR) is 59.1 cm³/mol. The van der Waals surface area contributed by atoms with Crippen molar-refractivity contribution >= 4 is 21.8 Å². The van der Waals surface area contributed by atoms with Crippen molar-refractivity contribution in [2.45, 2.75) is 6.42 Å². The lowest BCUT2D eigenvalue weighted by atomic mass is 10.2. The number of aromatic nitrogens is 1. The van der Waals surface area contributed by atoms with E-state index in [4.69, 9.17) is 0 Å². The topological polar surface area (TPSA) is 42.0 Å². The average Bonchev–Trinajstić information content (AvgIpc) is 2.18. The van der Waals surface area contributed by atoms with Crippen LogP contribution < -0.4 is 5.32 Å². The molecule has 0 fully saturated rings. The van der Waals surface area contributed by atoms with Crippen LogP contribution in [0.1, 0.15) is 16.8 Å². The van der Waals surface area contributed by atoms with Gasteiger partial charge >= 0.3 is 0 Å². The number of hydrogen-bond donors (Lipinski definition) is 1. The molecule has 0 atom stereocenters. The van der Waals surface area contributed by atoms with Crippen molar-refractivity contribution in [3.63, 3.8) is 0 Å². The number of rotatable bonds is 4. The van der Waals surface area contributed by atoms with Gasteiger partial charge in [0, 0.05) is 12.7 Å². The van der Waals surface area contributed by atoms with Gasteiger partial charge in [0.05, 0.1) is 5.56 Å². The molecule has 0 aromatic carbocycles. The van der Waals surface area contributed by atoms with Gasteiger partial charge in [0.2, 0.25) is 0 Å². The Balaban J connectivity index is 2.60. The molecule has 4 heteroatoms. The molecule has 1 N–H and O–H groups in total. The zero-order valence-corrected chi connectivity index (χ0v) is 9.25. The maximum Gasteiger partial charge on any atom is 0.254 e. The summed E-state index contributed by atoms with van der Waals surface area (Å²) in [6.45, 7) is 4.18. The fourth-order valence-electron chi connectivity index (χ4n) is 0.938. The summed E-state index contributed by atoms with van der Waals surface area (Å²) < 4.78 is 0.566. The van der Waals surface area contributed by atoms with Gasteiger partial charge in [-0.25, -0.2) is 4.98 Å². The Morgan fingerprint density at radius 3 is 3.14 bits per heavy atom. The number of carbonyl (C=O) groups excluding carboxylic acids is 1. The number of halogens is 1. The van der Waals surface area contributed by atoms with Crippen LogP contribution in [-0.2, 0) is 0 Å². The maximum absolute atomic E-state index is 11.5. The normalized spacial score (nSPS) is 9.50. The summed E-state index contributed by atoms with van der Waals surface area (Å²) in [6, 6.07) is 3.45. The molecule has 0 aliphatic heterocycles. The quantitative estimate of drug-likeness (QED) is 0.509. The number of pyridine rings is 1. The smallest absolute Gasteiger partial charge is 0.254 e. The van der Waals surface area contributed by atoms with Crippen molar-refractivity contribution in [1.82, 2.24) is 10.3 Å². The summed E-state index contributed by atoms with van der Waals surface area (Å²) in [7, 11) is 0. The van der Waals surface area contributed by atoms with E-state index in [-0.39, 0.29) is 5.91 Å². The van der Waals surface area contributed by atoms with Crippen LogP contribution in [0.15, 0.2) is 35.6 Å². The van der Waals surface area contributed by atoms with Gasteiger partial charge in [0.25, 0.3) is 5.91 Å². The van der Waals surface area contributed by atoms with Gasteiger partial charge in [-0.05, 0) is 34.5 Å². The zero-order chi connectivity index (χ0) is 10.4. The molecular weight excluding hydrogens is 244 g/mol. The first kappa shape index (κ1) is 10.9. The van der Waals surface area contributed by atoms with E-state index in [1.807, 2.05) is 0 Å². The molecule has 14 heavy (non-hydrogen) atoms. The van der Waals surface area contributed by atoms with Crippen LogP contribution in [0.4, 0.5) is 0 Å². The van der Waals surface area contributed by atoms with Crippen molar-refractivity contribution in [2.24, 2.45) is 0 Å². The van der Waals surface area contributed by atoms with Gasteiger partial charge in [0.1, 0.15) is 4.60 Å². The fourth-order valence-corrected chi connectivity index (χ4v) is 1.37. The Kier molecular flexibility index (Phi) is 4.32. The van der Waals surface area contributed by atoms with Gasteiger partial charge in [-0.3, -0.25) is 4.79 Å². The second kappa shape index (κ2) is 5.54. The molecule has 0 saturated carbocycles. The maximum atomic E-state index is 11.5. The molecule has 0 saturated heterocycles. The zero-order valence-electron chi connectivity index (χ0n) is 7.66. The first-order valence-corrected chi connectivity index (χ1v) is 5.04. The van der Waals surface area contributed by atoms with Crippen LogP contribution in [0.2, 0.25) is 0 Å². The molecule has 1 rings (SSSR count). The predicted octanol–water partition coefficient (Wildman–Crippen LogP) is 2.15. The third-order valence-electron chi connectivity index (χ3n) is 1.64. The molecular formula is C10H11BrN2O. The lowest BCUT2D eigenvalue weighted by Crippen LogP contribution is -2.24. The van der Waals surface area contributed by atoms with Crippen molar-refractivity contribution < 1.29 is 4.79 Å². The molecule has 0 aliphatic carbocycles. The largest absolute Gasteiger partial charge is 0.352 e. The van der Waals surface area contributed by atoms with Crippen LogP contribution in [-0.4, -0.2) is 17.4 Å². The Bertz CT molecular complexity index is 339. The molecule has 1 aromatic heterocycles. The van der Waals surface area contributed by atoms with E-state index >= 15 is 0 Å². The van der Waals surface area contributed by atoms with Gasteiger partial charge in [-0.15, -0.1) is 6.58 Å². The summed E-state index contributed by atoms with van der Waals surface area (Å²) >= 11 is 3.21. The molecule has 0 spiro atoms. The molecule has 74 valence electrons. The highest BCUT2D eigenvalue weighted by Gasteiger charge is 2.08. The highest BCUT2D eigenvalue weighted by atomic mass is 79.9. The molecule has 0 bridgehead atoms. The molecule has 1 amide bonds. The van der Waals surface area contributed by atoms with Gasteiger partial charge < -0.3 is 5.32 Å². The first-order chi connectivity index (χ1) is 6.75. The minimum Gasteiger partial charge on any atom is -0.352 e. The summed E-state index contributed by atoms with van der Waals surface area (Å²) in [5.74, 6) is -0.119. The van der Waals surface area contributed by atoms with Crippen LogP contribution in [0.3, 0.4) is 0 Å². The first-order valence-electron chi connectivity index (χ1n) is 4.25. The minimum absolute atomic E-state index is 0.119. The van der Waals surface area contributed by atoms with Gasteiger partial charge in [-0.1, -0.05) is 6.08 Å². The third-order valence-corrected chi connectivity index (χ3v) is 2.27. The molecule has 0 aliphatic rings. The Morgan fingerprint density at radius 2 is 2.50 bits per heavy atom. The van der Waals surface area contributed by atoms with Crippen molar-refractivity contribution in [3.05, 3.63) is 41.2 Å². The van der Waals surface area contributed by atoms with Crippen LogP contribution in [0.5, 0.6) is 0 Å². The molecule has 1 heterocycles. The van der Waals surface area contributed by atoms with E-state index < -0.39 is 0 Å². The van der Waals surface area contributed by atoms with Gasteiger partial charge in [-0.2, -0.15) is 0 Å². The van der Waals surface area contributed by atoms with E-state index in [1.54, 1.807) is 24.4 Å². The van der Waals surface area contributed by atoms with E-state index in [2.05, 4.69) is 32.8 Å². The monoisotopic (exact) mass is 254 g/mol. The number of hydrogen-bond acceptors (Lipinski definition) is 2.